The lowest BCUT2D eigenvalue weighted by Gasteiger charge is -2.24. The fourth-order valence-electron chi connectivity index (χ4n) is 2.46. The monoisotopic (exact) mass is 327 g/mol. The van der Waals surface area contributed by atoms with Crippen molar-refractivity contribution in [3.63, 3.8) is 0 Å². The predicted octanol–water partition coefficient (Wildman–Crippen LogP) is 1.99. The third kappa shape index (κ3) is 3.98. The number of nitrogens with zero attached hydrogens (tertiary/aromatic N) is 5. The van der Waals surface area contributed by atoms with E-state index in [9.17, 15) is 13.2 Å². The van der Waals surface area contributed by atoms with Gasteiger partial charge in [-0.15, -0.1) is 0 Å². The molecule has 0 amide bonds. The Morgan fingerprint density at radius 1 is 1.30 bits per heavy atom. The summed E-state index contributed by atoms with van der Waals surface area (Å²) in [6.07, 6.45) is 0.669. The maximum Gasteiger partial charge on any atom is 0.433 e. The Bertz CT molecular complexity index is 632. The van der Waals surface area contributed by atoms with Crippen LogP contribution in [0.15, 0.2) is 30.7 Å². The zero-order valence-corrected chi connectivity index (χ0v) is 12.3. The van der Waals surface area contributed by atoms with Crippen LogP contribution in [-0.4, -0.2) is 45.5 Å². The number of halogens is 3. The molecule has 1 saturated heterocycles. The van der Waals surface area contributed by atoms with Crippen LogP contribution in [0.5, 0.6) is 0 Å². The molecule has 0 radical (unpaired) electrons. The van der Waals surface area contributed by atoms with Gasteiger partial charge < -0.3 is 9.64 Å². The van der Waals surface area contributed by atoms with Crippen LogP contribution >= 0.6 is 0 Å². The van der Waals surface area contributed by atoms with Crippen molar-refractivity contribution in [2.75, 3.05) is 24.6 Å². The fraction of sp³-hybridized carbons (Fsp3) is 0.500. The van der Waals surface area contributed by atoms with E-state index in [1.165, 1.54) is 0 Å². The van der Waals surface area contributed by atoms with Crippen molar-refractivity contribution in [3.8, 4) is 0 Å². The van der Waals surface area contributed by atoms with Crippen LogP contribution in [0.3, 0.4) is 0 Å². The first-order valence-corrected chi connectivity index (χ1v) is 7.26. The number of alkyl halides is 3. The number of hydrogen-bond donors (Lipinski definition) is 0. The molecule has 3 heterocycles. The van der Waals surface area contributed by atoms with Gasteiger partial charge in [-0.25, -0.2) is 9.97 Å². The maximum atomic E-state index is 12.8. The summed E-state index contributed by atoms with van der Waals surface area (Å²) in [6, 6.07) is 2.68. The van der Waals surface area contributed by atoms with Gasteiger partial charge in [-0.2, -0.15) is 18.3 Å². The van der Waals surface area contributed by atoms with E-state index in [1.54, 1.807) is 15.8 Å². The Morgan fingerprint density at radius 2 is 2.17 bits per heavy atom. The first-order chi connectivity index (χ1) is 11.0. The van der Waals surface area contributed by atoms with E-state index in [-0.39, 0.29) is 12.1 Å². The Kier molecular flexibility index (Phi) is 4.46. The fourth-order valence-corrected chi connectivity index (χ4v) is 2.46. The number of rotatable bonds is 3. The standard InChI is InChI=1S/C14H16F3N5O/c15-14(16,17)12-3-5-18-13(20-12)21-6-2-8-23-11(9-21)10-22-7-1-4-19-22/h1,3-5,7,11H,2,6,8-10H2/t11-/m0/s1. The molecule has 2 aromatic heterocycles. The normalized spacial score (nSPS) is 19.6. The molecule has 0 spiro atoms. The molecule has 0 aliphatic carbocycles. The smallest absolute Gasteiger partial charge is 0.374 e. The van der Waals surface area contributed by atoms with Gasteiger partial charge in [0.05, 0.1) is 12.6 Å². The average Bonchev–Trinajstić information content (AvgIpc) is 2.91. The SMILES string of the molecule is FC(F)(F)c1ccnc(N2CCCO[C@H](Cn3cccn3)C2)n1. The van der Waals surface area contributed by atoms with Crippen molar-refractivity contribution in [2.24, 2.45) is 0 Å². The van der Waals surface area contributed by atoms with E-state index < -0.39 is 11.9 Å². The molecule has 0 unspecified atom stereocenters. The largest absolute Gasteiger partial charge is 0.433 e. The number of ether oxygens (including phenoxy) is 1. The molecule has 0 bridgehead atoms. The van der Waals surface area contributed by atoms with Gasteiger partial charge >= 0.3 is 6.18 Å². The zero-order valence-electron chi connectivity index (χ0n) is 12.3. The summed E-state index contributed by atoms with van der Waals surface area (Å²) in [5.74, 6) is 0.0794. The van der Waals surface area contributed by atoms with Gasteiger partial charge in [0.15, 0.2) is 0 Å². The molecule has 3 rings (SSSR count). The zero-order chi connectivity index (χ0) is 16.3. The van der Waals surface area contributed by atoms with Crippen molar-refractivity contribution >= 4 is 5.95 Å². The molecular weight excluding hydrogens is 311 g/mol. The highest BCUT2D eigenvalue weighted by Crippen LogP contribution is 2.28. The molecule has 1 fully saturated rings. The minimum atomic E-state index is -4.48. The number of aromatic nitrogens is 4. The second-order valence-electron chi connectivity index (χ2n) is 5.26. The topological polar surface area (TPSA) is 56.1 Å². The molecule has 1 aliphatic heterocycles. The first kappa shape index (κ1) is 15.7. The Morgan fingerprint density at radius 3 is 2.91 bits per heavy atom. The van der Waals surface area contributed by atoms with Crippen molar-refractivity contribution in [1.82, 2.24) is 19.7 Å². The molecule has 23 heavy (non-hydrogen) atoms. The summed E-state index contributed by atoms with van der Waals surface area (Å²) in [7, 11) is 0. The summed E-state index contributed by atoms with van der Waals surface area (Å²) >= 11 is 0. The van der Waals surface area contributed by atoms with Gasteiger partial charge in [0.1, 0.15) is 5.69 Å². The van der Waals surface area contributed by atoms with Crippen LogP contribution < -0.4 is 4.90 Å². The van der Waals surface area contributed by atoms with Crippen molar-refractivity contribution in [2.45, 2.75) is 25.2 Å². The van der Waals surface area contributed by atoms with Crippen molar-refractivity contribution < 1.29 is 17.9 Å². The van der Waals surface area contributed by atoms with E-state index in [1.807, 2.05) is 12.3 Å². The molecule has 124 valence electrons. The van der Waals surface area contributed by atoms with Crippen LogP contribution in [0, 0.1) is 0 Å². The molecule has 0 saturated carbocycles. The van der Waals surface area contributed by atoms with Gasteiger partial charge in [0.2, 0.25) is 5.95 Å². The van der Waals surface area contributed by atoms with Gasteiger partial charge in [0.25, 0.3) is 0 Å². The van der Waals surface area contributed by atoms with Gasteiger partial charge in [-0.05, 0) is 18.6 Å². The molecule has 1 aliphatic rings. The third-order valence-corrected chi connectivity index (χ3v) is 3.52. The van der Waals surface area contributed by atoms with E-state index in [0.717, 1.165) is 12.3 Å². The Hall–Kier alpha value is -2.16. The predicted molar refractivity (Wildman–Crippen MR) is 75.8 cm³/mol. The van der Waals surface area contributed by atoms with Crippen LogP contribution in [0.4, 0.5) is 19.1 Å². The second kappa shape index (κ2) is 6.53. The van der Waals surface area contributed by atoms with Crippen molar-refractivity contribution in [1.29, 1.82) is 0 Å². The molecule has 0 aromatic carbocycles. The summed E-state index contributed by atoms with van der Waals surface area (Å²) in [5, 5.41) is 4.12. The molecule has 9 heteroatoms. The highest BCUT2D eigenvalue weighted by Gasteiger charge is 2.33. The second-order valence-corrected chi connectivity index (χ2v) is 5.26. The summed E-state index contributed by atoms with van der Waals surface area (Å²) in [4.78, 5) is 9.37. The lowest BCUT2D eigenvalue weighted by atomic mass is 10.3. The molecule has 6 nitrogen and oxygen atoms in total. The summed E-state index contributed by atoms with van der Waals surface area (Å²) < 4.78 is 45.9. The summed E-state index contributed by atoms with van der Waals surface area (Å²) in [5.41, 5.74) is -0.934. The quantitative estimate of drug-likeness (QED) is 0.863. The van der Waals surface area contributed by atoms with Crippen LogP contribution in [0.25, 0.3) is 0 Å². The third-order valence-electron chi connectivity index (χ3n) is 3.52. The van der Waals surface area contributed by atoms with E-state index >= 15 is 0 Å². The van der Waals surface area contributed by atoms with Gasteiger partial charge in [0, 0.05) is 38.3 Å². The van der Waals surface area contributed by atoms with E-state index in [0.29, 0.717) is 32.7 Å². The minimum Gasteiger partial charge on any atom is -0.374 e. The molecular formula is C14H16F3N5O. The average molecular weight is 327 g/mol. The van der Waals surface area contributed by atoms with E-state index in [2.05, 4.69) is 15.1 Å². The Labute approximate surface area is 130 Å². The van der Waals surface area contributed by atoms with Gasteiger partial charge in [-0.3, -0.25) is 4.68 Å². The molecule has 0 N–H and O–H groups in total. The lowest BCUT2D eigenvalue weighted by Crippen LogP contribution is -2.35. The number of hydrogen-bond acceptors (Lipinski definition) is 5. The summed E-state index contributed by atoms with van der Waals surface area (Å²) in [6.45, 7) is 2.04. The van der Waals surface area contributed by atoms with Gasteiger partial charge in [-0.1, -0.05) is 0 Å². The maximum absolute atomic E-state index is 12.8. The highest BCUT2D eigenvalue weighted by molar-refractivity contribution is 5.31. The minimum absolute atomic E-state index is 0.0794. The first-order valence-electron chi connectivity index (χ1n) is 7.26. The molecule has 1 atom stereocenters. The molecule has 2 aromatic rings. The van der Waals surface area contributed by atoms with Crippen LogP contribution in [-0.2, 0) is 17.5 Å². The van der Waals surface area contributed by atoms with E-state index in [4.69, 9.17) is 4.74 Å². The van der Waals surface area contributed by atoms with Crippen molar-refractivity contribution in [3.05, 3.63) is 36.4 Å². The highest BCUT2D eigenvalue weighted by atomic mass is 19.4. The lowest BCUT2D eigenvalue weighted by molar-refractivity contribution is -0.141. The number of anilines is 1. The Balaban J connectivity index is 1.75. The van der Waals surface area contributed by atoms with Crippen LogP contribution in [0.2, 0.25) is 0 Å². The van der Waals surface area contributed by atoms with Crippen LogP contribution in [0.1, 0.15) is 12.1 Å².